The van der Waals surface area contributed by atoms with Gasteiger partial charge in [-0.3, -0.25) is 0 Å². The fraction of sp³-hybridized carbons (Fsp3) is 0.923. The number of rotatable bonds is 8. The summed E-state index contributed by atoms with van der Waals surface area (Å²) in [5.41, 5.74) is 0. The quantitative estimate of drug-likeness (QED) is 0.652. The molecule has 0 aliphatic rings. The molecular weight excluding hydrogens is 204 g/mol. The summed E-state index contributed by atoms with van der Waals surface area (Å²) >= 11 is 0. The van der Waals surface area contributed by atoms with Crippen LogP contribution in [0.25, 0.3) is 0 Å². The van der Waals surface area contributed by atoms with Gasteiger partial charge in [-0.15, -0.1) is 0 Å². The zero-order chi connectivity index (χ0) is 12.6. The van der Waals surface area contributed by atoms with E-state index >= 15 is 0 Å². The normalized spacial score (nSPS) is 16.6. The van der Waals surface area contributed by atoms with E-state index in [9.17, 15) is 4.79 Å². The van der Waals surface area contributed by atoms with Crippen LogP contribution in [0.1, 0.15) is 59.8 Å². The van der Waals surface area contributed by atoms with Gasteiger partial charge in [-0.1, -0.05) is 33.6 Å². The molecule has 0 saturated carbocycles. The van der Waals surface area contributed by atoms with Gasteiger partial charge in [0.05, 0.1) is 0 Å². The molecule has 0 aromatic heterocycles. The lowest BCUT2D eigenvalue weighted by Crippen LogP contribution is -2.30. The number of hydrogen-bond donors (Lipinski definition) is 1. The third-order valence-electron chi connectivity index (χ3n) is 2.99. The van der Waals surface area contributed by atoms with Gasteiger partial charge in [0.2, 0.25) is 0 Å². The van der Waals surface area contributed by atoms with Crippen LogP contribution in [-0.4, -0.2) is 23.3 Å². The highest BCUT2D eigenvalue weighted by Crippen LogP contribution is 2.22. The lowest BCUT2D eigenvalue weighted by atomic mass is 9.92. The molecule has 3 nitrogen and oxygen atoms in total. The topological polar surface area (TPSA) is 46.5 Å². The highest BCUT2D eigenvalue weighted by molar-refractivity contribution is 5.73. The molecule has 0 fully saturated rings. The predicted molar refractivity (Wildman–Crippen MR) is 65.2 cm³/mol. The minimum atomic E-state index is -1.02. The van der Waals surface area contributed by atoms with Crippen LogP contribution < -0.4 is 0 Å². The number of aliphatic hydroxyl groups is 1. The summed E-state index contributed by atoms with van der Waals surface area (Å²) in [6, 6.07) is 0. The van der Waals surface area contributed by atoms with Crippen LogP contribution in [0.2, 0.25) is 0 Å². The Morgan fingerprint density at radius 3 is 2.25 bits per heavy atom. The van der Waals surface area contributed by atoms with Crippen LogP contribution in [0.4, 0.5) is 0 Å². The molecule has 0 aliphatic carbocycles. The molecule has 0 bridgehead atoms. The van der Waals surface area contributed by atoms with Gasteiger partial charge >= 0.3 is 5.97 Å². The Balaban J connectivity index is 4.26. The maximum absolute atomic E-state index is 11.3. The Labute approximate surface area is 99.2 Å². The number of ether oxygens (including phenoxy) is 1. The first-order valence-electron chi connectivity index (χ1n) is 6.45. The first-order valence-corrected chi connectivity index (χ1v) is 6.45. The summed E-state index contributed by atoms with van der Waals surface area (Å²) in [6.45, 7) is 7.76. The lowest BCUT2D eigenvalue weighted by molar-refractivity contribution is -0.161. The van der Waals surface area contributed by atoms with Crippen molar-refractivity contribution in [3.63, 3.8) is 0 Å². The van der Waals surface area contributed by atoms with Crippen LogP contribution in [0, 0.1) is 5.92 Å². The van der Waals surface area contributed by atoms with Crippen molar-refractivity contribution in [3.05, 3.63) is 0 Å². The molecule has 3 atom stereocenters. The van der Waals surface area contributed by atoms with Crippen LogP contribution >= 0.6 is 0 Å². The fourth-order valence-corrected chi connectivity index (χ4v) is 1.88. The van der Waals surface area contributed by atoms with Crippen LogP contribution in [0.5, 0.6) is 0 Å². The van der Waals surface area contributed by atoms with Crippen molar-refractivity contribution in [1.29, 1.82) is 0 Å². The molecule has 0 spiro atoms. The van der Waals surface area contributed by atoms with Crippen molar-refractivity contribution >= 4 is 5.97 Å². The van der Waals surface area contributed by atoms with Crippen molar-refractivity contribution in [2.45, 2.75) is 72.0 Å². The highest BCUT2D eigenvalue weighted by Gasteiger charge is 2.23. The predicted octanol–water partition coefficient (Wildman–Crippen LogP) is 2.91. The van der Waals surface area contributed by atoms with Crippen molar-refractivity contribution in [3.8, 4) is 0 Å². The highest BCUT2D eigenvalue weighted by atomic mass is 16.6. The van der Waals surface area contributed by atoms with Crippen molar-refractivity contribution in [2.24, 2.45) is 5.92 Å². The molecular formula is C13H26O3. The minimum absolute atomic E-state index is 0.0429. The van der Waals surface area contributed by atoms with Gasteiger partial charge in [0.1, 0.15) is 12.2 Å². The molecule has 16 heavy (non-hydrogen) atoms. The van der Waals surface area contributed by atoms with Crippen molar-refractivity contribution in [2.75, 3.05) is 0 Å². The summed E-state index contributed by atoms with van der Waals surface area (Å²) in [5.74, 6) is -0.0746. The molecule has 0 aromatic carbocycles. The second-order valence-electron chi connectivity index (χ2n) is 4.37. The summed E-state index contributed by atoms with van der Waals surface area (Å²) in [4.78, 5) is 11.3. The molecule has 0 aromatic rings. The Morgan fingerprint density at radius 1 is 1.25 bits per heavy atom. The Hall–Kier alpha value is -0.570. The number of hydrogen-bond acceptors (Lipinski definition) is 3. The molecule has 3 heteroatoms. The van der Waals surface area contributed by atoms with Crippen molar-refractivity contribution < 1.29 is 14.6 Å². The SMILES string of the molecule is CCCCC(CC)C(CC)OC(=O)C(C)O. The zero-order valence-corrected chi connectivity index (χ0v) is 11.0. The van der Waals surface area contributed by atoms with E-state index in [-0.39, 0.29) is 6.10 Å². The van der Waals surface area contributed by atoms with E-state index in [2.05, 4.69) is 13.8 Å². The lowest BCUT2D eigenvalue weighted by Gasteiger charge is -2.25. The van der Waals surface area contributed by atoms with E-state index in [1.807, 2.05) is 6.92 Å². The minimum Gasteiger partial charge on any atom is -0.460 e. The van der Waals surface area contributed by atoms with E-state index in [1.54, 1.807) is 0 Å². The van der Waals surface area contributed by atoms with Crippen LogP contribution in [-0.2, 0) is 9.53 Å². The second kappa shape index (κ2) is 8.57. The van der Waals surface area contributed by atoms with Gasteiger partial charge in [0, 0.05) is 0 Å². The van der Waals surface area contributed by atoms with E-state index in [4.69, 9.17) is 9.84 Å². The van der Waals surface area contributed by atoms with E-state index < -0.39 is 12.1 Å². The fourth-order valence-electron chi connectivity index (χ4n) is 1.88. The molecule has 3 unspecified atom stereocenters. The van der Waals surface area contributed by atoms with Gasteiger partial charge < -0.3 is 9.84 Å². The Kier molecular flexibility index (Phi) is 8.26. The summed E-state index contributed by atoms with van der Waals surface area (Å²) in [7, 11) is 0. The van der Waals surface area contributed by atoms with Crippen molar-refractivity contribution in [1.82, 2.24) is 0 Å². The monoisotopic (exact) mass is 230 g/mol. The molecule has 0 radical (unpaired) electrons. The smallest absolute Gasteiger partial charge is 0.334 e. The number of carbonyl (C=O) groups excluding carboxylic acids is 1. The maximum Gasteiger partial charge on any atom is 0.334 e. The van der Waals surface area contributed by atoms with Gasteiger partial charge in [-0.05, 0) is 32.1 Å². The molecule has 0 saturated heterocycles. The third kappa shape index (κ3) is 5.50. The van der Waals surface area contributed by atoms with Gasteiger partial charge in [-0.25, -0.2) is 4.79 Å². The number of unbranched alkanes of at least 4 members (excludes halogenated alkanes) is 1. The third-order valence-corrected chi connectivity index (χ3v) is 2.99. The Morgan fingerprint density at radius 2 is 1.88 bits per heavy atom. The van der Waals surface area contributed by atoms with E-state index in [1.165, 1.54) is 13.3 Å². The first kappa shape index (κ1) is 15.4. The average Bonchev–Trinajstić information content (AvgIpc) is 2.27. The van der Waals surface area contributed by atoms with Gasteiger partial charge in [0.15, 0.2) is 0 Å². The van der Waals surface area contributed by atoms with Crippen LogP contribution in [0.3, 0.4) is 0 Å². The number of esters is 1. The van der Waals surface area contributed by atoms with E-state index in [0.717, 1.165) is 25.7 Å². The Bertz CT molecular complexity index is 190. The van der Waals surface area contributed by atoms with E-state index in [0.29, 0.717) is 5.92 Å². The second-order valence-corrected chi connectivity index (χ2v) is 4.37. The number of aliphatic hydroxyl groups excluding tert-OH is 1. The summed E-state index contributed by atoms with van der Waals surface area (Å²) < 4.78 is 5.32. The molecule has 0 aliphatic heterocycles. The summed E-state index contributed by atoms with van der Waals surface area (Å²) in [5, 5.41) is 9.12. The molecule has 0 rings (SSSR count). The standard InChI is InChI=1S/C13H26O3/c1-5-8-9-11(6-2)12(7-3)16-13(15)10(4)14/h10-12,14H,5-9H2,1-4H3. The molecule has 1 N–H and O–H groups in total. The van der Waals surface area contributed by atoms with Gasteiger partial charge in [-0.2, -0.15) is 0 Å². The zero-order valence-electron chi connectivity index (χ0n) is 11.0. The van der Waals surface area contributed by atoms with Crippen LogP contribution in [0.15, 0.2) is 0 Å². The molecule has 0 heterocycles. The number of carbonyl (C=O) groups is 1. The summed E-state index contributed by atoms with van der Waals surface area (Å²) in [6.07, 6.45) is 4.21. The molecule has 0 amide bonds. The molecule has 96 valence electrons. The largest absolute Gasteiger partial charge is 0.460 e. The maximum atomic E-state index is 11.3. The average molecular weight is 230 g/mol. The van der Waals surface area contributed by atoms with Gasteiger partial charge in [0.25, 0.3) is 0 Å². The first-order chi connectivity index (χ1) is 7.56.